The zero-order valence-corrected chi connectivity index (χ0v) is 17.5. The van der Waals surface area contributed by atoms with E-state index in [0.29, 0.717) is 30.8 Å². The zero-order chi connectivity index (χ0) is 17.4. The highest BCUT2D eigenvalue weighted by Gasteiger charge is 2.22. The van der Waals surface area contributed by atoms with Crippen LogP contribution < -0.4 is 0 Å². The highest BCUT2D eigenvalue weighted by atomic mass is 127. The number of nitrogens with zero attached hydrogens (tertiary/aromatic N) is 2. The third-order valence-electron chi connectivity index (χ3n) is 3.47. The van der Waals surface area contributed by atoms with Crippen molar-refractivity contribution in [3.05, 3.63) is 35.1 Å². The summed E-state index contributed by atoms with van der Waals surface area (Å²) in [4.78, 5) is 15.2. The fraction of sp³-hybridized carbons (Fsp3) is 0.500. The van der Waals surface area contributed by atoms with Crippen LogP contribution in [0.4, 0.5) is 9.18 Å². The van der Waals surface area contributed by atoms with E-state index in [1.54, 1.807) is 17.9 Å². The summed E-state index contributed by atoms with van der Waals surface area (Å²) in [6, 6.07) is 5.46. The van der Waals surface area contributed by atoms with Crippen molar-refractivity contribution in [2.75, 3.05) is 33.3 Å². The highest BCUT2D eigenvalue weighted by Crippen LogP contribution is 2.39. The van der Waals surface area contributed by atoms with E-state index in [2.05, 4.69) is 18.6 Å². The Morgan fingerprint density at radius 2 is 2.00 bits per heavy atom. The van der Waals surface area contributed by atoms with Gasteiger partial charge in [0.1, 0.15) is 14.7 Å². The molecule has 1 N–H and O–H groups in total. The molecule has 128 valence electrons. The summed E-state index contributed by atoms with van der Waals surface area (Å²) >= 11 is 2.04. The first kappa shape index (κ1) is 20.7. The zero-order valence-electron chi connectivity index (χ0n) is 13.3. The van der Waals surface area contributed by atoms with Crippen LogP contribution in [-0.4, -0.2) is 49.2 Å². The van der Waals surface area contributed by atoms with Gasteiger partial charge in [0.15, 0.2) is 0 Å². The van der Waals surface area contributed by atoms with E-state index in [4.69, 9.17) is 5.16 Å². The van der Waals surface area contributed by atoms with Gasteiger partial charge in [-0.3, -0.25) is 4.90 Å². The molecule has 1 heterocycles. The third kappa shape index (κ3) is 7.38. The van der Waals surface area contributed by atoms with E-state index in [-0.39, 0.29) is 11.9 Å². The number of benzene rings is 1. The Bertz CT molecular complexity index is 551. The first-order valence-electron chi connectivity index (χ1n) is 7.06. The highest BCUT2D eigenvalue weighted by molar-refractivity contribution is 14.2. The van der Waals surface area contributed by atoms with Crippen molar-refractivity contribution in [2.24, 2.45) is 0 Å². The average molecular weight is 472 g/mol. The van der Waals surface area contributed by atoms with Gasteiger partial charge in [0, 0.05) is 38.3 Å². The number of halogens is 2. The maximum Gasteiger partial charge on any atom is 0.409 e. The predicted molar refractivity (Wildman–Crippen MR) is 104 cm³/mol. The molecule has 2 unspecified atom stereocenters. The molecule has 2 rings (SSSR count). The smallest absolute Gasteiger partial charge is 0.409 e. The second-order valence-corrected chi connectivity index (χ2v) is 13.5. The van der Waals surface area contributed by atoms with E-state index in [1.807, 2.05) is 34.2 Å². The molecule has 0 spiro atoms. The Hall–Kier alpha value is -0.360. The summed E-state index contributed by atoms with van der Waals surface area (Å²) in [5.41, 5.74) is 1.39. The summed E-state index contributed by atoms with van der Waals surface area (Å²) in [5, 5.41) is 6.11. The maximum absolute atomic E-state index is 13.9. The number of aryl methyl sites for hydroxylation is 1. The van der Waals surface area contributed by atoms with Gasteiger partial charge in [-0.25, -0.2) is 9.18 Å². The fourth-order valence-corrected chi connectivity index (χ4v) is 2.29. The Balaban J connectivity index is 0.000000593. The molecule has 1 saturated heterocycles. The van der Waals surface area contributed by atoms with Gasteiger partial charge < -0.3 is 9.64 Å². The molecule has 9 heteroatoms. The number of piperazine rings is 1. The van der Waals surface area contributed by atoms with Crippen LogP contribution in [-0.2, 0) is 11.3 Å². The number of nitrogens with one attached hydrogen (secondary N) is 1. The van der Waals surface area contributed by atoms with Gasteiger partial charge in [-0.2, -0.15) is 0 Å². The van der Waals surface area contributed by atoms with Gasteiger partial charge >= 0.3 is 6.09 Å². The van der Waals surface area contributed by atoms with Gasteiger partial charge in [-0.1, -0.05) is 18.2 Å². The first-order chi connectivity index (χ1) is 10.8. The van der Waals surface area contributed by atoms with Crippen molar-refractivity contribution in [3.63, 3.8) is 0 Å². The number of rotatable bonds is 2. The van der Waals surface area contributed by atoms with Crippen LogP contribution in [0.2, 0.25) is 0 Å². The molecule has 0 saturated carbocycles. The molecule has 1 aromatic rings. The van der Waals surface area contributed by atoms with Crippen LogP contribution in [0.3, 0.4) is 0 Å². The summed E-state index contributed by atoms with van der Waals surface area (Å²) in [6.07, 6.45) is -0.290. The number of ether oxygens (including phenoxy) is 1. The Morgan fingerprint density at radius 3 is 2.52 bits per heavy atom. The summed E-state index contributed by atoms with van der Waals surface area (Å²) < 4.78 is 18.6. The second-order valence-electron chi connectivity index (χ2n) is 5.09. The minimum Gasteiger partial charge on any atom is -0.453 e. The maximum atomic E-state index is 13.9. The predicted octanol–water partition coefficient (Wildman–Crippen LogP) is 4.39. The molecule has 0 aliphatic carbocycles. The molecule has 5 nitrogen and oxygen atoms in total. The number of carbonyl (C=O) groups is 1. The molecule has 23 heavy (non-hydrogen) atoms. The lowest BCUT2D eigenvalue weighted by atomic mass is 10.1. The number of carbonyl (C=O) groups excluding carboxylic acids is 1. The summed E-state index contributed by atoms with van der Waals surface area (Å²) in [7, 11) is 3.76. The van der Waals surface area contributed by atoms with Crippen LogP contribution >= 0.6 is 36.0 Å². The summed E-state index contributed by atoms with van der Waals surface area (Å²) in [6.45, 7) is 5.09. The molecular weight excluding hydrogens is 450 g/mol. The van der Waals surface area contributed by atoms with E-state index in [0.717, 1.165) is 13.1 Å². The average Bonchev–Trinajstić information content (AvgIpc) is 2.51. The SMILES string of the molecule is COC(=O)N1CCN(Cc2cccc(C)c2F)CC1.N=[P+](P)I. The number of amides is 1. The lowest BCUT2D eigenvalue weighted by Gasteiger charge is -2.33. The van der Waals surface area contributed by atoms with Gasteiger partial charge in [0.2, 0.25) is 0 Å². The van der Waals surface area contributed by atoms with Crippen LogP contribution in [0.1, 0.15) is 11.1 Å². The van der Waals surface area contributed by atoms with Crippen molar-refractivity contribution >= 4 is 42.1 Å². The molecule has 0 aromatic heterocycles. The van der Waals surface area contributed by atoms with Gasteiger partial charge in [-0.15, -0.1) is 5.16 Å². The first-order valence-corrected chi connectivity index (χ1v) is 12.8. The van der Waals surface area contributed by atoms with Crippen molar-refractivity contribution in [1.29, 1.82) is 5.16 Å². The Kier molecular flexibility index (Phi) is 9.44. The standard InChI is InChI=1S/C14H19FN2O2.H3INP2/c1-11-4-3-5-12(13(11)15)10-16-6-8-17(9-7-16)14(18)19-2;1-4(2)3/h3-5H,6-10H2,1-2H3;2H,3H2/q;+1. The van der Waals surface area contributed by atoms with Crippen molar-refractivity contribution < 1.29 is 13.9 Å². The lowest BCUT2D eigenvalue weighted by Crippen LogP contribution is -2.48. The van der Waals surface area contributed by atoms with Gasteiger partial charge in [0.05, 0.1) is 7.11 Å². The van der Waals surface area contributed by atoms with Crippen molar-refractivity contribution in [3.8, 4) is 0 Å². The molecule has 1 aliphatic heterocycles. The van der Waals surface area contributed by atoms with E-state index in [1.165, 1.54) is 7.11 Å². The van der Waals surface area contributed by atoms with Gasteiger partial charge in [-0.05, 0) is 12.5 Å². The van der Waals surface area contributed by atoms with E-state index < -0.39 is 5.04 Å². The molecule has 1 amide bonds. The van der Waals surface area contributed by atoms with E-state index >= 15 is 0 Å². The Morgan fingerprint density at radius 1 is 1.43 bits per heavy atom. The number of hydrogen-bond donors (Lipinski definition) is 1. The molecule has 2 atom stereocenters. The van der Waals surface area contributed by atoms with Crippen LogP contribution in [0.5, 0.6) is 0 Å². The van der Waals surface area contributed by atoms with Crippen molar-refractivity contribution in [2.45, 2.75) is 13.5 Å². The molecule has 1 aromatic carbocycles. The second kappa shape index (κ2) is 10.5. The number of methoxy groups -OCH3 is 1. The van der Waals surface area contributed by atoms with Crippen LogP contribution in [0.15, 0.2) is 18.2 Å². The van der Waals surface area contributed by atoms with Crippen LogP contribution in [0.25, 0.3) is 0 Å². The molecule has 1 aliphatic rings. The quantitative estimate of drug-likeness (QED) is 0.514. The van der Waals surface area contributed by atoms with E-state index in [9.17, 15) is 9.18 Å². The van der Waals surface area contributed by atoms with Gasteiger partial charge in [0.25, 0.3) is 27.1 Å². The molecular formula is C14H22FIN3O2P2+. The lowest BCUT2D eigenvalue weighted by molar-refractivity contribution is 0.0885. The Labute approximate surface area is 152 Å². The monoisotopic (exact) mass is 472 g/mol. The van der Waals surface area contributed by atoms with Crippen molar-refractivity contribution in [1.82, 2.24) is 9.80 Å². The molecule has 0 bridgehead atoms. The number of hydrogen-bond acceptors (Lipinski definition) is 4. The minimum absolute atomic E-state index is 0.127. The minimum atomic E-state index is -0.484. The normalized spacial score (nSPS) is 15.5. The largest absolute Gasteiger partial charge is 0.453 e. The van der Waals surface area contributed by atoms with Crippen LogP contribution in [0, 0.1) is 17.9 Å². The molecule has 1 fully saturated rings. The summed E-state index contributed by atoms with van der Waals surface area (Å²) in [5.74, 6) is -0.127. The molecule has 0 radical (unpaired) electrons. The third-order valence-corrected chi connectivity index (χ3v) is 3.47. The topological polar surface area (TPSA) is 56.6 Å². The fourth-order valence-electron chi connectivity index (χ4n) is 2.29.